The van der Waals surface area contributed by atoms with Crippen LogP contribution >= 0.6 is 0 Å². The van der Waals surface area contributed by atoms with Gasteiger partial charge in [-0.25, -0.2) is 0 Å². The Balaban J connectivity index is 3.11. The van der Waals surface area contributed by atoms with Crippen molar-refractivity contribution >= 4 is 8.07 Å². The highest BCUT2D eigenvalue weighted by molar-refractivity contribution is 6.76. The van der Waals surface area contributed by atoms with E-state index in [1.54, 1.807) is 0 Å². The van der Waals surface area contributed by atoms with Gasteiger partial charge >= 0.3 is 0 Å². The van der Waals surface area contributed by atoms with Crippen LogP contribution in [-0.2, 0) is 0 Å². The Morgan fingerprint density at radius 1 is 1.00 bits per heavy atom. The summed E-state index contributed by atoms with van der Waals surface area (Å²) < 4.78 is 0. The quantitative estimate of drug-likeness (QED) is 0.325. The predicted octanol–water partition coefficient (Wildman–Crippen LogP) is 4.46. The fourth-order valence-electron chi connectivity index (χ4n) is 1.26. The molecule has 0 aliphatic carbocycles. The maximum Gasteiger partial charge on any atom is 0.0442 e. The lowest BCUT2D eigenvalue weighted by atomic mass is 10.2. The minimum atomic E-state index is -0.744. The molecule has 0 rings (SSSR count). The molecule has 0 bridgehead atoms. The van der Waals surface area contributed by atoms with Crippen LogP contribution in [-0.4, -0.2) is 8.07 Å². The van der Waals surface area contributed by atoms with Crippen molar-refractivity contribution in [3.05, 3.63) is 12.2 Å². The lowest BCUT2D eigenvalue weighted by molar-refractivity contribution is 0.722. The van der Waals surface area contributed by atoms with Crippen LogP contribution in [0, 0.1) is 0 Å². The van der Waals surface area contributed by atoms with Gasteiger partial charge in [-0.3, -0.25) is 0 Å². The summed E-state index contributed by atoms with van der Waals surface area (Å²) in [6, 6.07) is 1.50. The summed E-state index contributed by atoms with van der Waals surface area (Å²) >= 11 is 0. The lowest BCUT2D eigenvalue weighted by Crippen LogP contribution is -2.18. The zero-order valence-corrected chi connectivity index (χ0v) is 10.2. The van der Waals surface area contributed by atoms with Crippen LogP contribution in [0.3, 0.4) is 0 Å². The summed E-state index contributed by atoms with van der Waals surface area (Å²) in [5.41, 5.74) is 0. The standard InChI is InChI=1S/C11H24Si/c1-5-6-7-8-9-10-11-12(2,3)4/h5-6H,7-11H2,1-4H3/b6-5+. The maximum atomic E-state index is 2.46. The molecule has 0 nitrogen and oxygen atoms in total. The maximum absolute atomic E-state index is 2.46. The molecular weight excluding hydrogens is 160 g/mol. The van der Waals surface area contributed by atoms with Crippen LogP contribution in [0.15, 0.2) is 12.2 Å². The minimum Gasteiger partial charge on any atom is -0.0917 e. The Hall–Kier alpha value is -0.0431. The van der Waals surface area contributed by atoms with E-state index in [1.165, 1.54) is 31.7 Å². The highest BCUT2D eigenvalue weighted by Gasteiger charge is 2.10. The number of allylic oxidation sites excluding steroid dienone is 2. The smallest absolute Gasteiger partial charge is 0.0442 e. The van der Waals surface area contributed by atoms with Crippen molar-refractivity contribution < 1.29 is 0 Å². The summed E-state index contributed by atoms with van der Waals surface area (Å²) in [5.74, 6) is 0. The van der Waals surface area contributed by atoms with Crippen molar-refractivity contribution in [3.8, 4) is 0 Å². The molecule has 72 valence electrons. The van der Waals surface area contributed by atoms with Crippen molar-refractivity contribution in [2.75, 3.05) is 0 Å². The Labute approximate surface area is 79.1 Å². The number of hydrogen-bond donors (Lipinski definition) is 0. The van der Waals surface area contributed by atoms with E-state index in [-0.39, 0.29) is 0 Å². The van der Waals surface area contributed by atoms with E-state index in [4.69, 9.17) is 0 Å². The van der Waals surface area contributed by atoms with Gasteiger partial charge in [-0.1, -0.05) is 50.7 Å². The van der Waals surface area contributed by atoms with E-state index in [1.807, 2.05) is 0 Å². The van der Waals surface area contributed by atoms with Gasteiger partial charge in [0.05, 0.1) is 0 Å². The van der Waals surface area contributed by atoms with Gasteiger partial charge in [-0.15, -0.1) is 0 Å². The van der Waals surface area contributed by atoms with Gasteiger partial charge in [-0.2, -0.15) is 0 Å². The summed E-state index contributed by atoms with van der Waals surface area (Å²) in [7, 11) is -0.744. The van der Waals surface area contributed by atoms with E-state index in [9.17, 15) is 0 Å². The Bertz CT molecular complexity index is 119. The molecule has 0 aromatic rings. The molecule has 0 saturated carbocycles. The second kappa shape index (κ2) is 6.47. The van der Waals surface area contributed by atoms with Crippen LogP contribution in [0.1, 0.15) is 32.6 Å². The molecule has 0 atom stereocenters. The first-order chi connectivity index (χ1) is 5.56. The molecule has 0 unspecified atom stereocenters. The second-order valence-corrected chi connectivity index (χ2v) is 10.4. The Morgan fingerprint density at radius 2 is 1.67 bits per heavy atom. The molecule has 0 aliphatic rings. The molecule has 12 heavy (non-hydrogen) atoms. The van der Waals surface area contributed by atoms with Crippen molar-refractivity contribution in [1.29, 1.82) is 0 Å². The zero-order valence-electron chi connectivity index (χ0n) is 9.19. The van der Waals surface area contributed by atoms with E-state index in [0.29, 0.717) is 0 Å². The summed E-state index contributed by atoms with van der Waals surface area (Å²) in [4.78, 5) is 0. The Kier molecular flexibility index (Phi) is 6.45. The normalized spacial score (nSPS) is 12.7. The monoisotopic (exact) mass is 184 g/mol. The SMILES string of the molecule is C/C=C/CCCCC[Si](C)(C)C. The molecule has 0 spiro atoms. The predicted molar refractivity (Wildman–Crippen MR) is 61.4 cm³/mol. The average Bonchev–Trinajstić information content (AvgIpc) is 1.94. The van der Waals surface area contributed by atoms with Gasteiger partial charge in [-0.05, 0) is 19.8 Å². The molecule has 0 fully saturated rings. The molecule has 0 aromatic carbocycles. The number of hydrogen-bond acceptors (Lipinski definition) is 0. The van der Waals surface area contributed by atoms with Gasteiger partial charge in [0.15, 0.2) is 0 Å². The Morgan fingerprint density at radius 3 is 2.17 bits per heavy atom. The molecule has 0 radical (unpaired) electrons. The topological polar surface area (TPSA) is 0 Å². The van der Waals surface area contributed by atoms with Gasteiger partial charge < -0.3 is 0 Å². The van der Waals surface area contributed by atoms with Crippen LogP contribution in [0.4, 0.5) is 0 Å². The fraction of sp³-hybridized carbons (Fsp3) is 0.818. The molecule has 0 amide bonds. The molecule has 0 heterocycles. The van der Waals surface area contributed by atoms with Gasteiger partial charge in [0.1, 0.15) is 0 Å². The lowest BCUT2D eigenvalue weighted by Gasteiger charge is -2.14. The number of unbranched alkanes of at least 4 members (excludes halogenated alkanes) is 3. The summed E-state index contributed by atoms with van der Waals surface area (Å²) in [5, 5.41) is 0. The third-order valence-electron chi connectivity index (χ3n) is 2.03. The third kappa shape index (κ3) is 9.96. The first kappa shape index (κ1) is 12.0. The van der Waals surface area contributed by atoms with Crippen molar-refractivity contribution in [3.63, 3.8) is 0 Å². The third-order valence-corrected chi connectivity index (χ3v) is 3.89. The molecule has 1 heteroatoms. The van der Waals surface area contributed by atoms with Crippen LogP contribution in [0.2, 0.25) is 25.7 Å². The van der Waals surface area contributed by atoms with Crippen molar-refractivity contribution in [2.24, 2.45) is 0 Å². The fourth-order valence-corrected chi connectivity index (χ4v) is 2.57. The van der Waals surface area contributed by atoms with Gasteiger partial charge in [0.2, 0.25) is 0 Å². The highest BCUT2D eigenvalue weighted by Crippen LogP contribution is 2.14. The number of rotatable bonds is 6. The van der Waals surface area contributed by atoms with E-state index in [2.05, 4.69) is 38.7 Å². The van der Waals surface area contributed by atoms with Gasteiger partial charge in [0.25, 0.3) is 0 Å². The van der Waals surface area contributed by atoms with E-state index >= 15 is 0 Å². The zero-order chi connectivity index (χ0) is 9.45. The van der Waals surface area contributed by atoms with E-state index in [0.717, 1.165) is 0 Å². The molecular formula is C11H24Si. The van der Waals surface area contributed by atoms with Gasteiger partial charge in [0, 0.05) is 8.07 Å². The van der Waals surface area contributed by atoms with Crippen LogP contribution in [0.25, 0.3) is 0 Å². The largest absolute Gasteiger partial charge is 0.0917 e. The minimum absolute atomic E-state index is 0.744. The van der Waals surface area contributed by atoms with E-state index < -0.39 is 8.07 Å². The highest BCUT2D eigenvalue weighted by atomic mass is 28.3. The summed E-state index contributed by atoms with van der Waals surface area (Å²) in [6.07, 6.45) is 9.96. The molecule has 0 saturated heterocycles. The molecule has 0 aliphatic heterocycles. The van der Waals surface area contributed by atoms with Crippen LogP contribution < -0.4 is 0 Å². The van der Waals surface area contributed by atoms with Crippen molar-refractivity contribution in [1.82, 2.24) is 0 Å². The van der Waals surface area contributed by atoms with Crippen molar-refractivity contribution in [2.45, 2.75) is 58.3 Å². The van der Waals surface area contributed by atoms with Crippen LogP contribution in [0.5, 0.6) is 0 Å². The first-order valence-corrected chi connectivity index (χ1v) is 8.88. The molecule has 0 N–H and O–H groups in total. The first-order valence-electron chi connectivity index (χ1n) is 5.17. The molecule has 0 aromatic heterocycles. The second-order valence-electron chi connectivity index (χ2n) is 4.73. The average molecular weight is 184 g/mol. The summed E-state index contributed by atoms with van der Waals surface area (Å²) in [6.45, 7) is 9.47.